The average molecular weight is 421 g/mol. The Morgan fingerprint density at radius 2 is 1.97 bits per heavy atom. The van der Waals surface area contributed by atoms with Gasteiger partial charge in [0.2, 0.25) is 5.91 Å². The molecule has 0 radical (unpaired) electrons. The number of anilines is 1. The van der Waals surface area contributed by atoms with Crippen LogP contribution in [0.5, 0.6) is 5.75 Å². The van der Waals surface area contributed by atoms with Crippen molar-refractivity contribution in [2.75, 3.05) is 25.6 Å². The highest BCUT2D eigenvalue weighted by molar-refractivity contribution is 6.12. The highest BCUT2D eigenvalue weighted by Gasteiger charge is 2.28. The maximum absolute atomic E-state index is 13.2. The molecule has 0 unspecified atom stereocenters. The molecule has 2 aromatic carbocycles. The quantitative estimate of drug-likeness (QED) is 0.593. The van der Waals surface area contributed by atoms with Gasteiger partial charge >= 0.3 is 5.97 Å². The first-order valence-corrected chi connectivity index (χ1v) is 10.5. The number of esters is 1. The van der Waals surface area contributed by atoms with Crippen molar-refractivity contribution < 1.29 is 19.1 Å². The van der Waals surface area contributed by atoms with Crippen LogP contribution in [0, 0.1) is 0 Å². The number of amides is 1. The molecule has 162 valence electrons. The molecule has 0 aliphatic carbocycles. The molecule has 1 aliphatic heterocycles. The topological polar surface area (TPSA) is 83.7 Å². The fraction of sp³-hybridized carbons (Fsp3) is 0.333. The number of hydrogen-bond acceptors (Lipinski definition) is 5. The van der Waals surface area contributed by atoms with E-state index in [9.17, 15) is 9.59 Å². The van der Waals surface area contributed by atoms with Crippen molar-refractivity contribution in [2.45, 2.75) is 32.9 Å². The lowest BCUT2D eigenvalue weighted by atomic mass is 9.98. The number of ether oxygens (including phenoxy) is 2. The van der Waals surface area contributed by atoms with Gasteiger partial charge in [-0.1, -0.05) is 24.3 Å². The van der Waals surface area contributed by atoms with Crippen LogP contribution in [0.2, 0.25) is 0 Å². The van der Waals surface area contributed by atoms with Gasteiger partial charge in [-0.25, -0.2) is 4.79 Å². The van der Waals surface area contributed by atoms with E-state index >= 15 is 0 Å². The highest BCUT2D eigenvalue weighted by atomic mass is 16.5. The Hall–Kier alpha value is -3.32. The summed E-state index contributed by atoms with van der Waals surface area (Å²) >= 11 is 0. The summed E-state index contributed by atoms with van der Waals surface area (Å²) in [5.41, 5.74) is 3.95. The van der Waals surface area contributed by atoms with Gasteiger partial charge in [-0.2, -0.15) is 0 Å². The van der Waals surface area contributed by atoms with Crippen LogP contribution >= 0.6 is 0 Å². The molecular formula is C24H27N3O4. The highest BCUT2D eigenvalue weighted by Crippen LogP contribution is 2.32. The van der Waals surface area contributed by atoms with E-state index < -0.39 is 5.97 Å². The van der Waals surface area contributed by atoms with E-state index in [-0.39, 0.29) is 24.2 Å². The van der Waals surface area contributed by atoms with Crippen LogP contribution in [0.4, 0.5) is 5.69 Å². The van der Waals surface area contributed by atoms with Crippen molar-refractivity contribution in [3.05, 3.63) is 59.3 Å². The standard InChI is InChI=1S/C24H27N3O4/c1-4-31-24(29)22-21(19-13-18(30-3)9-10-20(19)25-22)26-23(28)15(2)27-12-11-16-7-5-6-8-17(16)14-27/h5-10,13,15,25H,4,11-12,14H2,1-3H3,(H,26,28)/t15-/m1/s1. The van der Waals surface area contributed by atoms with Gasteiger partial charge in [-0.05, 0) is 49.6 Å². The Labute approximate surface area is 181 Å². The molecule has 0 spiro atoms. The van der Waals surface area contributed by atoms with Crippen LogP contribution in [0.15, 0.2) is 42.5 Å². The monoisotopic (exact) mass is 421 g/mol. The maximum Gasteiger partial charge on any atom is 0.356 e. The predicted molar refractivity (Wildman–Crippen MR) is 119 cm³/mol. The van der Waals surface area contributed by atoms with Gasteiger partial charge in [-0.3, -0.25) is 9.69 Å². The molecule has 4 rings (SSSR count). The minimum absolute atomic E-state index is 0.173. The molecule has 0 bridgehead atoms. The Morgan fingerprint density at radius 3 is 2.71 bits per heavy atom. The summed E-state index contributed by atoms with van der Waals surface area (Å²) in [7, 11) is 1.58. The van der Waals surface area contributed by atoms with Gasteiger partial charge in [0.15, 0.2) is 0 Å². The number of H-pyrrole nitrogens is 1. The van der Waals surface area contributed by atoms with Gasteiger partial charge in [-0.15, -0.1) is 0 Å². The lowest BCUT2D eigenvalue weighted by Gasteiger charge is -2.32. The fourth-order valence-electron chi connectivity index (χ4n) is 4.03. The number of rotatable bonds is 6. The van der Waals surface area contributed by atoms with Crippen molar-refractivity contribution in [3.63, 3.8) is 0 Å². The molecule has 2 heterocycles. The van der Waals surface area contributed by atoms with E-state index in [1.807, 2.05) is 25.1 Å². The number of benzene rings is 2. The third-order valence-corrected chi connectivity index (χ3v) is 5.82. The smallest absolute Gasteiger partial charge is 0.356 e. The zero-order valence-electron chi connectivity index (χ0n) is 18.0. The van der Waals surface area contributed by atoms with E-state index in [1.165, 1.54) is 11.1 Å². The van der Waals surface area contributed by atoms with Gasteiger partial charge in [0.25, 0.3) is 0 Å². The Morgan fingerprint density at radius 1 is 1.19 bits per heavy atom. The third kappa shape index (κ3) is 4.14. The number of carbonyl (C=O) groups excluding carboxylic acids is 2. The first-order chi connectivity index (χ1) is 15.0. The van der Waals surface area contributed by atoms with Gasteiger partial charge < -0.3 is 19.8 Å². The molecule has 0 saturated carbocycles. The number of carbonyl (C=O) groups is 2. The molecule has 0 fully saturated rings. The van der Waals surface area contributed by atoms with Gasteiger partial charge in [0, 0.05) is 24.0 Å². The van der Waals surface area contributed by atoms with Gasteiger partial charge in [0.05, 0.1) is 25.4 Å². The molecule has 7 nitrogen and oxygen atoms in total. The minimum Gasteiger partial charge on any atom is -0.497 e. The molecule has 3 aromatic rings. The molecule has 31 heavy (non-hydrogen) atoms. The van der Waals surface area contributed by atoms with Gasteiger partial charge in [0.1, 0.15) is 11.4 Å². The van der Waals surface area contributed by atoms with Crippen molar-refractivity contribution in [1.29, 1.82) is 0 Å². The van der Waals surface area contributed by atoms with Crippen LogP contribution in [0.1, 0.15) is 35.5 Å². The second-order valence-corrected chi connectivity index (χ2v) is 7.66. The van der Waals surface area contributed by atoms with Crippen molar-refractivity contribution in [1.82, 2.24) is 9.88 Å². The fourth-order valence-corrected chi connectivity index (χ4v) is 4.03. The van der Waals surface area contributed by atoms with Crippen molar-refractivity contribution >= 4 is 28.5 Å². The summed E-state index contributed by atoms with van der Waals surface area (Å²) in [4.78, 5) is 31.0. The summed E-state index contributed by atoms with van der Waals surface area (Å²) in [6.45, 7) is 5.41. The van der Waals surface area contributed by atoms with E-state index in [0.717, 1.165) is 25.0 Å². The van der Waals surface area contributed by atoms with Crippen LogP contribution in [-0.2, 0) is 22.5 Å². The summed E-state index contributed by atoms with van der Waals surface area (Å²) in [6.07, 6.45) is 0.909. The van der Waals surface area contributed by atoms with Crippen molar-refractivity contribution in [3.8, 4) is 5.75 Å². The summed E-state index contributed by atoms with van der Waals surface area (Å²) in [6, 6.07) is 13.4. The molecule has 1 aromatic heterocycles. The number of aromatic nitrogens is 1. The number of fused-ring (bicyclic) bond motifs is 2. The molecule has 7 heteroatoms. The van der Waals surface area contributed by atoms with Crippen molar-refractivity contribution in [2.24, 2.45) is 0 Å². The molecule has 0 saturated heterocycles. The normalized spacial score (nSPS) is 14.7. The third-order valence-electron chi connectivity index (χ3n) is 5.82. The van der Waals surface area contributed by atoms with E-state index in [2.05, 4.69) is 27.3 Å². The second kappa shape index (κ2) is 8.81. The van der Waals surface area contributed by atoms with E-state index in [4.69, 9.17) is 9.47 Å². The summed E-state index contributed by atoms with van der Waals surface area (Å²) in [5, 5.41) is 3.68. The SMILES string of the molecule is CCOC(=O)c1[nH]c2ccc(OC)cc2c1NC(=O)[C@@H](C)N1CCc2ccccc2C1. The lowest BCUT2D eigenvalue weighted by molar-refractivity contribution is -0.121. The predicted octanol–water partition coefficient (Wildman–Crippen LogP) is 3.74. The largest absolute Gasteiger partial charge is 0.497 e. The molecular weight excluding hydrogens is 394 g/mol. The molecule has 1 atom stereocenters. The van der Waals surface area contributed by atoms with Crippen LogP contribution in [0.25, 0.3) is 10.9 Å². The first kappa shape index (κ1) is 20.9. The van der Waals surface area contributed by atoms with Crippen LogP contribution in [-0.4, -0.2) is 48.1 Å². The lowest BCUT2D eigenvalue weighted by Crippen LogP contribution is -2.44. The number of aromatic amines is 1. The van der Waals surface area contributed by atoms with E-state index in [0.29, 0.717) is 16.8 Å². The van der Waals surface area contributed by atoms with E-state index in [1.54, 1.807) is 26.2 Å². The molecule has 2 N–H and O–H groups in total. The Balaban J connectivity index is 1.61. The first-order valence-electron chi connectivity index (χ1n) is 10.5. The maximum atomic E-state index is 13.2. The average Bonchev–Trinajstić information content (AvgIpc) is 3.15. The van der Waals surface area contributed by atoms with Crippen LogP contribution < -0.4 is 10.1 Å². The number of methoxy groups -OCH3 is 1. The Bertz CT molecular complexity index is 1120. The zero-order chi connectivity index (χ0) is 22.0. The Kier molecular flexibility index (Phi) is 5.95. The number of nitrogens with one attached hydrogen (secondary N) is 2. The minimum atomic E-state index is -0.507. The van der Waals surface area contributed by atoms with Crippen LogP contribution in [0.3, 0.4) is 0 Å². The molecule has 1 aliphatic rings. The number of hydrogen-bond donors (Lipinski definition) is 2. The molecule has 1 amide bonds. The number of nitrogens with zero attached hydrogens (tertiary/aromatic N) is 1. The zero-order valence-corrected chi connectivity index (χ0v) is 18.0. The summed E-state index contributed by atoms with van der Waals surface area (Å²) < 4.78 is 10.5. The second-order valence-electron chi connectivity index (χ2n) is 7.66. The summed E-state index contributed by atoms with van der Waals surface area (Å²) in [5.74, 6) is -0.0423.